The summed E-state index contributed by atoms with van der Waals surface area (Å²) in [7, 11) is 0. The summed E-state index contributed by atoms with van der Waals surface area (Å²) < 4.78 is 0. The molecule has 2 aromatic rings. The third kappa shape index (κ3) is 1.85. The molecular formula is C14H19NO. The van der Waals surface area contributed by atoms with E-state index in [1.54, 1.807) is 0 Å². The normalized spacial score (nSPS) is 11.2. The first-order valence-corrected chi connectivity index (χ1v) is 5.82. The first-order valence-electron chi connectivity index (χ1n) is 5.82. The number of H-pyrrole nitrogens is 1. The highest BCUT2D eigenvalue weighted by atomic mass is 16.2. The number of aromatic amines is 1. The molecule has 0 saturated carbocycles. The summed E-state index contributed by atoms with van der Waals surface area (Å²) >= 11 is 0. The van der Waals surface area contributed by atoms with Crippen LogP contribution < -0.4 is 0 Å². The maximum atomic E-state index is 8.93. The third-order valence-electron chi connectivity index (χ3n) is 3.16. The molecule has 2 nitrogen and oxygen atoms in total. The van der Waals surface area contributed by atoms with Crippen molar-refractivity contribution in [1.29, 1.82) is 0 Å². The van der Waals surface area contributed by atoms with Crippen LogP contribution in [0.1, 0.15) is 28.8 Å². The van der Waals surface area contributed by atoms with Crippen LogP contribution in [0.3, 0.4) is 0 Å². The second-order valence-corrected chi connectivity index (χ2v) is 4.56. The number of hydrogen-bond donors (Lipinski definition) is 2. The first kappa shape index (κ1) is 11.2. The van der Waals surface area contributed by atoms with E-state index in [0.717, 1.165) is 12.8 Å². The van der Waals surface area contributed by atoms with E-state index < -0.39 is 0 Å². The van der Waals surface area contributed by atoms with Gasteiger partial charge < -0.3 is 10.1 Å². The molecule has 0 spiro atoms. The zero-order valence-electron chi connectivity index (χ0n) is 10.2. The van der Waals surface area contributed by atoms with Gasteiger partial charge in [0.15, 0.2) is 0 Å². The fourth-order valence-corrected chi connectivity index (χ4v) is 2.41. The summed E-state index contributed by atoms with van der Waals surface area (Å²) in [5, 5.41) is 10.2. The molecule has 0 bridgehead atoms. The largest absolute Gasteiger partial charge is 0.396 e. The fourth-order valence-electron chi connectivity index (χ4n) is 2.41. The molecule has 0 aliphatic carbocycles. The summed E-state index contributed by atoms with van der Waals surface area (Å²) in [6.45, 7) is 6.64. The quantitative estimate of drug-likeness (QED) is 0.814. The van der Waals surface area contributed by atoms with Crippen molar-refractivity contribution in [2.45, 2.75) is 33.6 Å². The lowest BCUT2D eigenvalue weighted by molar-refractivity contribution is 0.288. The Morgan fingerprint density at radius 2 is 1.94 bits per heavy atom. The van der Waals surface area contributed by atoms with Crippen LogP contribution in [0.5, 0.6) is 0 Å². The van der Waals surface area contributed by atoms with Gasteiger partial charge in [-0.3, -0.25) is 0 Å². The summed E-state index contributed by atoms with van der Waals surface area (Å²) in [6, 6.07) is 4.44. The number of aliphatic hydroxyl groups is 1. The Kier molecular flexibility index (Phi) is 3.01. The lowest BCUT2D eigenvalue weighted by atomic mass is 10.0. The predicted molar refractivity (Wildman–Crippen MR) is 67.9 cm³/mol. The van der Waals surface area contributed by atoms with Gasteiger partial charge in [0.05, 0.1) is 0 Å². The molecule has 2 heteroatoms. The average molecular weight is 217 g/mol. The molecule has 86 valence electrons. The monoisotopic (exact) mass is 217 g/mol. The van der Waals surface area contributed by atoms with E-state index in [1.165, 1.54) is 33.3 Å². The zero-order valence-corrected chi connectivity index (χ0v) is 10.2. The van der Waals surface area contributed by atoms with Crippen molar-refractivity contribution < 1.29 is 5.11 Å². The molecule has 0 aliphatic heterocycles. The van der Waals surface area contributed by atoms with Crippen LogP contribution in [0.2, 0.25) is 0 Å². The van der Waals surface area contributed by atoms with E-state index >= 15 is 0 Å². The number of aromatic nitrogens is 1. The van der Waals surface area contributed by atoms with E-state index in [2.05, 4.69) is 37.9 Å². The second kappa shape index (κ2) is 4.30. The molecule has 0 fully saturated rings. The highest BCUT2D eigenvalue weighted by molar-refractivity contribution is 5.87. The Bertz CT molecular complexity index is 511. The van der Waals surface area contributed by atoms with Gasteiger partial charge >= 0.3 is 0 Å². The van der Waals surface area contributed by atoms with Crippen molar-refractivity contribution >= 4 is 10.9 Å². The summed E-state index contributed by atoms with van der Waals surface area (Å²) in [6.07, 6.45) is 1.78. The van der Waals surface area contributed by atoms with E-state index in [9.17, 15) is 0 Å². The summed E-state index contributed by atoms with van der Waals surface area (Å²) in [5.74, 6) is 0. The molecule has 2 N–H and O–H groups in total. The molecule has 1 heterocycles. The number of benzene rings is 1. The zero-order chi connectivity index (χ0) is 11.7. The van der Waals surface area contributed by atoms with Gasteiger partial charge in [-0.1, -0.05) is 11.6 Å². The van der Waals surface area contributed by atoms with Crippen LogP contribution >= 0.6 is 0 Å². The second-order valence-electron chi connectivity index (χ2n) is 4.56. The molecular weight excluding hydrogens is 198 g/mol. The Hall–Kier alpha value is -1.28. The van der Waals surface area contributed by atoms with Gasteiger partial charge in [0.25, 0.3) is 0 Å². The van der Waals surface area contributed by atoms with Gasteiger partial charge in [-0.25, -0.2) is 0 Å². The highest BCUT2D eigenvalue weighted by Gasteiger charge is 2.09. The minimum atomic E-state index is 0.261. The summed E-state index contributed by atoms with van der Waals surface area (Å²) in [5.41, 5.74) is 6.44. The number of nitrogens with one attached hydrogen (secondary N) is 1. The lowest BCUT2D eigenvalue weighted by Gasteiger charge is -2.02. The van der Waals surface area contributed by atoms with E-state index in [-0.39, 0.29) is 6.61 Å². The minimum Gasteiger partial charge on any atom is -0.396 e. The fraction of sp³-hybridized carbons (Fsp3) is 0.429. The Morgan fingerprint density at radius 3 is 2.62 bits per heavy atom. The van der Waals surface area contributed by atoms with Crippen LogP contribution in [0.25, 0.3) is 10.9 Å². The van der Waals surface area contributed by atoms with Gasteiger partial charge in [0.2, 0.25) is 0 Å². The SMILES string of the molecule is Cc1cc(C)c2[nH]c(C)c(CCCO)c2c1. The molecule has 0 atom stereocenters. The number of rotatable bonds is 3. The van der Waals surface area contributed by atoms with Crippen LogP contribution in [-0.4, -0.2) is 16.7 Å². The molecule has 0 amide bonds. The van der Waals surface area contributed by atoms with Crippen molar-refractivity contribution in [3.05, 3.63) is 34.5 Å². The van der Waals surface area contributed by atoms with Gasteiger partial charge in [0, 0.05) is 23.2 Å². The van der Waals surface area contributed by atoms with E-state index in [0.29, 0.717) is 0 Å². The van der Waals surface area contributed by atoms with Crippen LogP contribution in [0.15, 0.2) is 12.1 Å². The van der Waals surface area contributed by atoms with Crippen molar-refractivity contribution in [3.63, 3.8) is 0 Å². The Morgan fingerprint density at radius 1 is 1.19 bits per heavy atom. The van der Waals surface area contributed by atoms with Gasteiger partial charge in [-0.15, -0.1) is 0 Å². The molecule has 0 radical (unpaired) electrons. The van der Waals surface area contributed by atoms with Crippen LogP contribution in [0.4, 0.5) is 0 Å². The number of aliphatic hydroxyl groups excluding tert-OH is 1. The van der Waals surface area contributed by atoms with E-state index in [4.69, 9.17) is 5.11 Å². The smallest absolute Gasteiger partial charge is 0.0488 e. The van der Waals surface area contributed by atoms with Crippen LogP contribution in [0, 0.1) is 20.8 Å². The van der Waals surface area contributed by atoms with Crippen LogP contribution in [-0.2, 0) is 6.42 Å². The molecule has 1 aromatic carbocycles. The van der Waals surface area contributed by atoms with Crippen molar-refractivity contribution in [1.82, 2.24) is 4.98 Å². The first-order chi connectivity index (χ1) is 7.63. The molecule has 2 rings (SSSR count). The molecule has 1 aromatic heterocycles. The minimum absolute atomic E-state index is 0.261. The van der Waals surface area contributed by atoms with Crippen molar-refractivity contribution in [3.8, 4) is 0 Å². The van der Waals surface area contributed by atoms with Gasteiger partial charge in [-0.05, 0) is 50.8 Å². The van der Waals surface area contributed by atoms with Crippen molar-refractivity contribution in [2.24, 2.45) is 0 Å². The molecule has 16 heavy (non-hydrogen) atoms. The molecule has 0 saturated heterocycles. The Balaban J connectivity index is 2.59. The maximum absolute atomic E-state index is 8.93. The summed E-state index contributed by atoms with van der Waals surface area (Å²) in [4.78, 5) is 3.45. The van der Waals surface area contributed by atoms with E-state index in [1.807, 2.05) is 0 Å². The maximum Gasteiger partial charge on any atom is 0.0488 e. The number of fused-ring (bicyclic) bond motifs is 1. The molecule has 0 unspecified atom stereocenters. The predicted octanol–water partition coefficient (Wildman–Crippen LogP) is 3.02. The topological polar surface area (TPSA) is 36.0 Å². The number of aryl methyl sites for hydroxylation is 4. The van der Waals surface area contributed by atoms with Crippen molar-refractivity contribution in [2.75, 3.05) is 6.61 Å². The van der Waals surface area contributed by atoms with Gasteiger partial charge in [0.1, 0.15) is 0 Å². The number of hydrogen-bond acceptors (Lipinski definition) is 1. The average Bonchev–Trinajstić information content (AvgIpc) is 2.53. The molecule has 0 aliphatic rings. The lowest BCUT2D eigenvalue weighted by Crippen LogP contribution is -1.90. The standard InChI is InChI=1S/C14H19NO/c1-9-7-10(2)14-13(8-9)12(5-4-6-16)11(3)15-14/h7-8,15-16H,4-6H2,1-3H3. The highest BCUT2D eigenvalue weighted by Crippen LogP contribution is 2.27. The Labute approximate surface area is 96.3 Å². The van der Waals surface area contributed by atoms with Gasteiger partial charge in [-0.2, -0.15) is 0 Å². The third-order valence-corrected chi connectivity index (χ3v) is 3.16.